The molecule has 2 aromatic carbocycles. The van der Waals surface area contributed by atoms with Crippen molar-refractivity contribution in [2.75, 3.05) is 12.4 Å². The number of hydrogen-bond acceptors (Lipinski definition) is 4. The highest BCUT2D eigenvalue weighted by atomic mass is 32.2. The molecule has 9 heteroatoms. The van der Waals surface area contributed by atoms with E-state index in [1.165, 1.54) is 25.3 Å². The van der Waals surface area contributed by atoms with Crippen molar-refractivity contribution in [1.29, 1.82) is 0 Å². The zero-order valence-electron chi connectivity index (χ0n) is 16.3. The maximum Gasteiger partial charge on any atom is 0.471 e. The van der Waals surface area contributed by atoms with E-state index in [2.05, 4.69) is 4.40 Å². The Morgan fingerprint density at radius 3 is 2.21 bits per heavy atom. The Morgan fingerprint density at radius 1 is 1.07 bits per heavy atom. The molecule has 0 aliphatic carbocycles. The Bertz CT molecular complexity index is 891. The molecule has 29 heavy (non-hydrogen) atoms. The number of benzene rings is 2. The van der Waals surface area contributed by atoms with E-state index >= 15 is 0 Å². The number of alkyl halides is 3. The number of amides is 1. The minimum absolute atomic E-state index is 0.0485. The lowest BCUT2D eigenvalue weighted by Gasteiger charge is -2.20. The van der Waals surface area contributed by atoms with Gasteiger partial charge in [0.1, 0.15) is 27.6 Å². The molecular formula is C20H21F3N2O3S. The Balaban J connectivity index is 2.50. The molecule has 0 radical (unpaired) electrons. The number of hydrogen-bond donors (Lipinski definition) is 1. The molecule has 156 valence electrons. The van der Waals surface area contributed by atoms with Crippen LogP contribution in [0.5, 0.6) is 5.75 Å². The Labute approximate surface area is 170 Å². The monoisotopic (exact) mass is 426 g/mol. The van der Waals surface area contributed by atoms with Gasteiger partial charge in [-0.15, -0.1) is 0 Å². The average molecular weight is 426 g/mol. The molecule has 1 unspecified atom stereocenters. The molecule has 0 aromatic heterocycles. The standard InChI is InChI=1S/C20H21F3N2O3S/c1-19(2,3)29(27)25-17(13-8-10-16(28-4)11-9-13)14-6-5-7-15(12-14)24-18(26)20(21,22)23/h5-12H,1-4H3,(H,24,26)/b25-17+. The first-order valence-electron chi connectivity index (χ1n) is 8.55. The highest BCUT2D eigenvalue weighted by molar-refractivity contribution is 7.91. The van der Waals surface area contributed by atoms with Gasteiger partial charge in [-0.25, -0.2) is 0 Å². The molecule has 1 N–H and O–H groups in total. The van der Waals surface area contributed by atoms with E-state index in [0.717, 1.165) is 0 Å². The van der Waals surface area contributed by atoms with Gasteiger partial charge in [0, 0.05) is 16.8 Å². The van der Waals surface area contributed by atoms with Crippen LogP contribution in [0.15, 0.2) is 52.9 Å². The van der Waals surface area contributed by atoms with Crippen LogP contribution in [-0.2, 0) is 16.2 Å². The third-order valence-corrected chi connectivity index (χ3v) is 5.11. The summed E-state index contributed by atoms with van der Waals surface area (Å²) in [5, 5.41) is 1.82. The van der Waals surface area contributed by atoms with Gasteiger partial charge in [0.2, 0.25) is 0 Å². The van der Waals surface area contributed by atoms with Gasteiger partial charge in [-0.3, -0.25) is 4.79 Å². The number of rotatable bonds is 5. The molecule has 0 spiro atoms. The van der Waals surface area contributed by atoms with Crippen molar-refractivity contribution in [3.63, 3.8) is 0 Å². The molecule has 0 bridgehead atoms. The van der Waals surface area contributed by atoms with Crippen LogP contribution in [0.3, 0.4) is 0 Å². The summed E-state index contributed by atoms with van der Waals surface area (Å²) in [6, 6.07) is 12.6. The summed E-state index contributed by atoms with van der Waals surface area (Å²) in [6.45, 7) is 5.29. The van der Waals surface area contributed by atoms with Gasteiger partial charge in [-0.05, 0) is 57.2 Å². The SMILES string of the molecule is COc1ccc(/C(=N\[S+]([O-])C(C)(C)C)c2cccc(NC(=O)C(F)(F)F)c2)cc1. The average Bonchev–Trinajstić information content (AvgIpc) is 2.64. The van der Waals surface area contributed by atoms with Gasteiger partial charge in [0.25, 0.3) is 0 Å². The highest BCUT2D eigenvalue weighted by Crippen LogP contribution is 2.24. The van der Waals surface area contributed by atoms with Gasteiger partial charge in [0.15, 0.2) is 0 Å². The third-order valence-electron chi connectivity index (χ3n) is 3.71. The third kappa shape index (κ3) is 6.23. The number of anilines is 1. The van der Waals surface area contributed by atoms with Crippen LogP contribution in [0.1, 0.15) is 31.9 Å². The lowest BCUT2D eigenvalue weighted by Crippen LogP contribution is -2.30. The summed E-state index contributed by atoms with van der Waals surface area (Å²) in [5.41, 5.74) is 1.28. The summed E-state index contributed by atoms with van der Waals surface area (Å²) in [7, 11) is 1.52. The second-order valence-electron chi connectivity index (χ2n) is 7.06. The number of nitrogens with zero attached hydrogens (tertiary/aromatic N) is 1. The summed E-state index contributed by atoms with van der Waals surface area (Å²) >= 11 is -1.62. The maximum absolute atomic E-state index is 12.6. The Morgan fingerprint density at radius 2 is 1.69 bits per heavy atom. The number of ether oxygens (including phenoxy) is 1. The fraction of sp³-hybridized carbons (Fsp3) is 0.300. The smallest absolute Gasteiger partial charge is 0.471 e. The van der Waals surface area contributed by atoms with E-state index in [1.807, 2.05) is 5.32 Å². The minimum atomic E-state index is -5.00. The largest absolute Gasteiger partial charge is 0.591 e. The molecule has 0 fully saturated rings. The lowest BCUT2D eigenvalue weighted by atomic mass is 10.0. The zero-order chi connectivity index (χ0) is 21.8. The molecule has 5 nitrogen and oxygen atoms in total. The summed E-state index contributed by atoms with van der Waals surface area (Å²) in [5.74, 6) is -1.47. The molecule has 0 aliphatic rings. The van der Waals surface area contributed by atoms with E-state index in [9.17, 15) is 22.5 Å². The first-order valence-corrected chi connectivity index (χ1v) is 9.66. The molecular weight excluding hydrogens is 405 g/mol. The fourth-order valence-electron chi connectivity index (χ4n) is 2.19. The molecule has 0 aliphatic heterocycles. The van der Waals surface area contributed by atoms with Crippen molar-refractivity contribution in [3.05, 3.63) is 59.7 Å². The van der Waals surface area contributed by atoms with Crippen LogP contribution in [0, 0.1) is 0 Å². The number of carbonyl (C=O) groups excluding carboxylic acids is 1. The van der Waals surface area contributed by atoms with Crippen molar-refractivity contribution >= 4 is 28.7 Å². The van der Waals surface area contributed by atoms with E-state index in [-0.39, 0.29) is 5.69 Å². The molecule has 0 saturated carbocycles. The maximum atomic E-state index is 12.6. The van der Waals surface area contributed by atoms with E-state index in [1.54, 1.807) is 51.1 Å². The van der Waals surface area contributed by atoms with Crippen LogP contribution >= 0.6 is 0 Å². The Kier molecular flexibility index (Phi) is 6.97. The predicted octanol–water partition coefficient (Wildman–Crippen LogP) is 4.50. The van der Waals surface area contributed by atoms with Gasteiger partial charge >= 0.3 is 12.1 Å². The normalized spacial score (nSPS) is 13.7. The topological polar surface area (TPSA) is 73.8 Å². The minimum Gasteiger partial charge on any atom is -0.591 e. The molecule has 1 amide bonds. The van der Waals surface area contributed by atoms with Crippen molar-refractivity contribution in [1.82, 2.24) is 0 Å². The van der Waals surface area contributed by atoms with Crippen molar-refractivity contribution in [2.45, 2.75) is 31.7 Å². The van der Waals surface area contributed by atoms with Crippen LogP contribution < -0.4 is 10.1 Å². The first-order chi connectivity index (χ1) is 13.4. The second-order valence-corrected chi connectivity index (χ2v) is 8.97. The molecule has 2 aromatic rings. The van der Waals surface area contributed by atoms with Crippen LogP contribution in [-0.4, -0.2) is 34.2 Å². The molecule has 2 rings (SSSR count). The van der Waals surface area contributed by atoms with Crippen molar-refractivity contribution in [2.24, 2.45) is 4.40 Å². The summed E-state index contributed by atoms with van der Waals surface area (Å²) in [6.07, 6.45) is -5.00. The van der Waals surface area contributed by atoms with Gasteiger partial charge in [-0.2, -0.15) is 13.2 Å². The van der Waals surface area contributed by atoms with E-state index in [0.29, 0.717) is 22.6 Å². The van der Waals surface area contributed by atoms with Crippen LogP contribution in [0.4, 0.5) is 18.9 Å². The van der Waals surface area contributed by atoms with Gasteiger partial charge in [-0.1, -0.05) is 16.5 Å². The molecule has 1 atom stereocenters. The van der Waals surface area contributed by atoms with Gasteiger partial charge in [0.05, 0.1) is 7.11 Å². The first kappa shape index (κ1) is 22.8. The molecule has 0 heterocycles. The van der Waals surface area contributed by atoms with Crippen LogP contribution in [0.25, 0.3) is 0 Å². The molecule has 0 saturated heterocycles. The van der Waals surface area contributed by atoms with Crippen LogP contribution in [0.2, 0.25) is 0 Å². The van der Waals surface area contributed by atoms with Crippen molar-refractivity contribution < 1.29 is 27.3 Å². The zero-order valence-corrected chi connectivity index (χ0v) is 17.1. The summed E-state index contributed by atoms with van der Waals surface area (Å²) < 4.78 is 59.1. The Hall–Kier alpha value is -2.52. The quantitative estimate of drug-likeness (QED) is 0.565. The number of halogens is 3. The number of nitrogens with one attached hydrogen (secondary N) is 1. The fourth-order valence-corrected chi connectivity index (χ4v) is 2.84. The second kappa shape index (κ2) is 8.87. The lowest BCUT2D eigenvalue weighted by molar-refractivity contribution is -0.167. The summed E-state index contributed by atoms with van der Waals surface area (Å²) in [4.78, 5) is 11.2. The van der Waals surface area contributed by atoms with E-state index in [4.69, 9.17) is 4.74 Å². The number of carbonyl (C=O) groups is 1. The van der Waals surface area contributed by atoms with Crippen molar-refractivity contribution in [3.8, 4) is 5.75 Å². The predicted molar refractivity (Wildman–Crippen MR) is 108 cm³/mol. The highest BCUT2D eigenvalue weighted by Gasteiger charge is 2.38. The van der Waals surface area contributed by atoms with E-state index < -0.39 is 28.2 Å². The number of methoxy groups -OCH3 is 1. The van der Waals surface area contributed by atoms with Gasteiger partial charge < -0.3 is 14.6 Å².